The van der Waals surface area contributed by atoms with Crippen LogP contribution >= 0.6 is 0 Å². The number of hydrogen-bond donors (Lipinski definition) is 2. The lowest BCUT2D eigenvalue weighted by Crippen LogP contribution is -2.48. The monoisotopic (exact) mass is 300 g/mol. The summed E-state index contributed by atoms with van der Waals surface area (Å²) in [5.41, 5.74) is 0.939. The minimum Gasteiger partial charge on any atom is -0.393 e. The van der Waals surface area contributed by atoms with E-state index >= 15 is 0 Å². The summed E-state index contributed by atoms with van der Waals surface area (Å²) in [5.74, 6) is 0.488. The SMILES string of the molecule is Cn1ccnc1C(=O)N[C@H](Cc1ccccn1)C1CC(O)C1. The Morgan fingerprint density at radius 3 is 2.82 bits per heavy atom. The number of aryl methyl sites for hydroxylation is 1. The average molecular weight is 300 g/mol. The summed E-state index contributed by atoms with van der Waals surface area (Å²) in [6, 6.07) is 5.73. The van der Waals surface area contributed by atoms with Crippen LogP contribution in [0.4, 0.5) is 0 Å². The fraction of sp³-hybridized carbons (Fsp3) is 0.438. The first-order valence-electron chi connectivity index (χ1n) is 7.49. The summed E-state index contributed by atoms with van der Waals surface area (Å²) >= 11 is 0. The van der Waals surface area contributed by atoms with E-state index < -0.39 is 0 Å². The van der Waals surface area contributed by atoms with Crippen LogP contribution in [0.15, 0.2) is 36.8 Å². The fourth-order valence-corrected chi connectivity index (χ4v) is 2.86. The van der Waals surface area contributed by atoms with Gasteiger partial charge in [0.1, 0.15) is 0 Å². The zero-order valence-corrected chi connectivity index (χ0v) is 12.5. The van der Waals surface area contributed by atoms with Crippen molar-refractivity contribution in [3.05, 3.63) is 48.3 Å². The van der Waals surface area contributed by atoms with Gasteiger partial charge in [-0.3, -0.25) is 9.78 Å². The van der Waals surface area contributed by atoms with Gasteiger partial charge in [-0.15, -0.1) is 0 Å². The van der Waals surface area contributed by atoms with Crippen molar-refractivity contribution in [1.82, 2.24) is 19.9 Å². The van der Waals surface area contributed by atoms with Crippen LogP contribution in [0, 0.1) is 5.92 Å². The molecule has 1 amide bonds. The quantitative estimate of drug-likeness (QED) is 0.861. The first-order valence-corrected chi connectivity index (χ1v) is 7.49. The van der Waals surface area contributed by atoms with Crippen LogP contribution in [-0.4, -0.2) is 37.7 Å². The van der Waals surface area contributed by atoms with Crippen molar-refractivity contribution in [3.8, 4) is 0 Å². The van der Waals surface area contributed by atoms with Gasteiger partial charge in [-0.05, 0) is 30.9 Å². The van der Waals surface area contributed by atoms with Gasteiger partial charge in [-0.2, -0.15) is 0 Å². The van der Waals surface area contributed by atoms with Gasteiger partial charge in [-0.1, -0.05) is 6.07 Å². The van der Waals surface area contributed by atoms with E-state index in [1.54, 1.807) is 30.2 Å². The Morgan fingerprint density at radius 1 is 1.41 bits per heavy atom. The number of amides is 1. The lowest BCUT2D eigenvalue weighted by Gasteiger charge is -2.38. The Morgan fingerprint density at radius 2 is 2.23 bits per heavy atom. The maximum Gasteiger partial charge on any atom is 0.287 e. The van der Waals surface area contributed by atoms with Gasteiger partial charge in [0.2, 0.25) is 0 Å². The van der Waals surface area contributed by atoms with Gasteiger partial charge in [0.05, 0.1) is 6.10 Å². The summed E-state index contributed by atoms with van der Waals surface area (Å²) in [4.78, 5) is 20.8. The molecule has 2 aromatic rings. The molecular weight excluding hydrogens is 280 g/mol. The molecule has 1 fully saturated rings. The molecule has 1 saturated carbocycles. The number of hydrogen-bond acceptors (Lipinski definition) is 4. The van der Waals surface area contributed by atoms with Gasteiger partial charge in [0.15, 0.2) is 5.82 Å². The molecule has 0 aliphatic heterocycles. The lowest BCUT2D eigenvalue weighted by molar-refractivity contribution is 0.0236. The number of nitrogens with one attached hydrogen (secondary N) is 1. The number of rotatable bonds is 5. The molecule has 6 heteroatoms. The molecule has 0 bridgehead atoms. The highest BCUT2D eigenvalue weighted by atomic mass is 16.3. The van der Waals surface area contributed by atoms with Gasteiger partial charge in [0.25, 0.3) is 5.91 Å². The van der Waals surface area contributed by atoms with E-state index in [0.717, 1.165) is 18.5 Å². The topological polar surface area (TPSA) is 80.0 Å². The molecule has 1 atom stereocenters. The van der Waals surface area contributed by atoms with Crippen LogP contribution in [0.2, 0.25) is 0 Å². The third kappa shape index (κ3) is 3.17. The summed E-state index contributed by atoms with van der Waals surface area (Å²) in [6.45, 7) is 0. The van der Waals surface area contributed by atoms with Crippen molar-refractivity contribution in [1.29, 1.82) is 0 Å². The van der Waals surface area contributed by atoms with E-state index in [4.69, 9.17) is 0 Å². The van der Waals surface area contributed by atoms with E-state index in [9.17, 15) is 9.90 Å². The Kier molecular flexibility index (Phi) is 4.20. The van der Waals surface area contributed by atoms with Crippen LogP contribution < -0.4 is 5.32 Å². The molecule has 2 N–H and O–H groups in total. The van der Waals surface area contributed by atoms with Crippen molar-refractivity contribution < 1.29 is 9.90 Å². The summed E-state index contributed by atoms with van der Waals surface area (Å²) in [7, 11) is 1.79. The molecule has 1 aliphatic carbocycles. The van der Waals surface area contributed by atoms with Gasteiger partial charge >= 0.3 is 0 Å². The molecule has 1 aliphatic rings. The number of aliphatic hydroxyl groups is 1. The van der Waals surface area contributed by atoms with Crippen LogP contribution in [0.5, 0.6) is 0 Å². The molecule has 2 heterocycles. The highest BCUT2D eigenvalue weighted by Gasteiger charge is 2.35. The van der Waals surface area contributed by atoms with E-state index in [1.807, 2.05) is 18.2 Å². The number of imidazole rings is 1. The van der Waals surface area contributed by atoms with Crippen LogP contribution in [-0.2, 0) is 13.5 Å². The van der Waals surface area contributed by atoms with E-state index in [1.165, 1.54) is 0 Å². The standard InChI is InChI=1S/C16H20N4O2/c1-20-7-6-18-15(20)16(22)19-14(11-8-13(21)9-11)10-12-4-2-3-5-17-12/h2-7,11,13-14,21H,8-10H2,1H3,(H,19,22)/t11?,13?,14-/m1/s1. The minimum atomic E-state index is -0.249. The number of carbonyl (C=O) groups excluding carboxylic acids is 1. The second-order valence-electron chi connectivity index (χ2n) is 5.85. The maximum atomic E-state index is 12.4. The van der Waals surface area contributed by atoms with Crippen molar-refractivity contribution in [2.75, 3.05) is 0 Å². The van der Waals surface area contributed by atoms with E-state index in [2.05, 4.69) is 15.3 Å². The second-order valence-corrected chi connectivity index (χ2v) is 5.85. The number of pyridine rings is 1. The first kappa shape index (κ1) is 14.7. The molecule has 2 aromatic heterocycles. The van der Waals surface area contributed by atoms with Crippen LogP contribution in [0.1, 0.15) is 29.2 Å². The largest absolute Gasteiger partial charge is 0.393 e. The first-order chi connectivity index (χ1) is 10.6. The molecule has 6 nitrogen and oxygen atoms in total. The number of nitrogens with zero attached hydrogens (tertiary/aromatic N) is 3. The Hall–Kier alpha value is -2.21. The third-order valence-corrected chi connectivity index (χ3v) is 4.21. The van der Waals surface area contributed by atoms with Crippen molar-refractivity contribution >= 4 is 5.91 Å². The van der Waals surface area contributed by atoms with Gasteiger partial charge in [-0.25, -0.2) is 4.98 Å². The van der Waals surface area contributed by atoms with Gasteiger partial charge < -0.3 is 15.0 Å². The minimum absolute atomic E-state index is 0.0394. The summed E-state index contributed by atoms with van der Waals surface area (Å²) in [6.07, 6.45) is 6.96. The maximum absolute atomic E-state index is 12.4. The Bertz CT molecular complexity index is 635. The zero-order valence-electron chi connectivity index (χ0n) is 12.5. The highest BCUT2D eigenvalue weighted by Crippen LogP contribution is 2.31. The van der Waals surface area contributed by atoms with Crippen molar-refractivity contribution in [2.24, 2.45) is 13.0 Å². The van der Waals surface area contributed by atoms with Crippen molar-refractivity contribution in [3.63, 3.8) is 0 Å². The molecule has 22 heavy (non-hydrogen) atoms. The van der Waals surface area contributed by atoms with Crippen molar-refractivity contribution in [2.45, 2.75) is 31.4 Å². The van der Waals surface area contributed by atoms with Gasteiger partial charge in [0, 0.05) is 43.8 Å². The average Bonchev–Trinajstić information content (AvgIpc) is 2.91. The number of aliphatic hydroxyl groups excluding tert-OH is 1. The van der Waals surface area contributed by atoms with E-state index in [0.29, 0.717) is 12.2 Å². The van der Waals surface area contributed by atoms with Crippen LogP contribution in [0.3, 0.4) is 0 Å². The fourth-order valence-electron chi connectivity index (χ4n) is 2.86. The molecule has 0 saturated heterocycles. The Balaban J connectivity index is 1.71. The predicted molar refractivity (Wildman–Crippen MR) is 81.1 cm³/mol. The van der Waals surface area contributed by atoms with E-state index in [-0.39, 0.29) is 24.0 Å². The summed E-state index contributed by atoms with van der Waals surface area (Å²) < 4.78 is 1.70. The zero-order chi connectivity index (χ0) is 15.5. The molecule has 0 aromatic carbocycles. The van der Waals surface area contributed by atoms with Crippen LogP contribution in [0.25, 0.3) is 0 Å². The molecule has 0 unspecified atom stereocenters. The second kappa shape index (κ2) is 6.27. The summed E-state index contributed by atoms with van der Waals surface area (Å²) in [5, 5.41) is 12.6. The third-order valence-electron chi connectivity index (χ3n) is 4.21. The molecule has 116 valence electrons. The molecule has 0 spiro atoms. The Labute approximate surface area is 129 Å². The molecule has 3 rings (SSSR count). The highest BCUT2D eigenvalue weighted by molar-refractivity contribution is 5.91. The lowest BCUT2D eigenvalue weighted by atomic mass is 9.76. The molecule has 0 radical (unpaired) electrons. The number of aromatic nitrogens is 3. The number of carbonyl (C=O) groups is 1. The predicted octanol–water partition coefficient (Wildman–Crippen LogP) is 0.927. The molecular formula is C16H20N4O2. The normalized spacial score (nSPS) is 21.9. The smallest absolute Gasteiger partial charge is 0.287 e.